The summed E-state index contributed by atoms with van der Waals surface area (Å²) in [5, 5.41) is 5.28. The second-order valence-electron chi connectivity index (χ2n) is 7.15. The molecule has 1 aromatic carbocycles. The molecule has 0 bridgehead atoms. The molecule has 3 aromatic rings. The van der Waals surface area contributed by atoms with Gasteiger partial charge in [0.2, 0.25) is 11.8 Å². The lowest BCUT2D eigenvalue weighted by Gasteiger charge is -2.14. The lowest BCUT2D eigenvalue weighted by Crippen LogP contribution is -2.27. The molecule has 4 rings (SSSR count). The number of furan rings is 1. The Morgan fingerprint density at radius 1 is 1.33 bits per heavy atom. The Hall–Kier alpha value is -3.13. The number of carbonyl (C=O) groups excluding carboxylic acids is 2. The van der Waals surface area contributed by atoms with E-state index < -0.39 is 5.92 Å². The molecule has 156 valence electrons. The standard InChI is InChI=1S/C22H23N3O4S/c1-2-9-28-17-7-5-15(6-8-17)19-14-30-22(23-19)24-21(27)16-11-20(26)25(12-16)13-18-4-3-10-29-18/h3-8,10,14,16H,2,9,11-13H2,1H3,(H,23,24,27). The minimum atomic E-state index is -0.394. The molecule has 8 heteroatoms. The van der Waals surface area contributed by atoms with Gasteiger partial charge in [-0.1, -0.05) is 6.92 Å². The summed E-state index contributed by atoms with van der Waals surface area (Å²) in [6.45, 7) is 3.52. The highest BCUT2D eigenvalue weighted by Gasteiger charge is 2.35. The van der Waals surface area contributed by atoms with Crippen molar-refractivity contribution in [3.8, 4) is 17.0 Å². The first-order valence-electron chi connectivity index (χ1n) is 9.92. The summed E-state index contributed by atoms with van der Waals surface area (Å²) in [4.78, 5) is 31.0. The number of amides is 2. The highest BCUT2D eigenvalue weighted by atomic mass is 32.1. The van der Waals surface area contributed by atoms with Gasteiger partial charge in [0.05, 0.1) is 31.0 Å². The summed E-state index contributed by atoms with van der Waals surface area (Å²) in [7, 11) is 0. The van der Waals surface area contributed by atoms with Crippen LogP contribution >= 0.6 is 11.3 Å². The van der Waals surface area contributed by atoms with Gasteiger partial charge in [0.1, 0.15) is 11.5 Å². The Balaban J connectivity index is 1.34. The van der Waals surface area contributed by atoms with Crippen molar-refractivity contribution in [2.24, 2.45) is 5.92 Å². The van der Waals surface area contributed by atoms with Gasteiger partial charge in [0.25, 0.3) is 0 Å². The van der Waals surface area contributed by atoms with Crippen molar-refractivity contribution in [3.63, 3.8) is 0 Å². The van der Waals surface area contributed by atoms with Crippen molar-refractivity contribution in [2.75, 3.05) is 18.5 Å². The van der Waals surface area contributed by atoms with Crippen molar-refractivity contribution in [2.45, 2.75) is 26.3 Å². The summed E-state index contributed by atoms with van der Waals surface area (Å²) in [6.07, 6.45) is 2.74. The highest BCUT2D eigenvalue weighted by molar-refractivity contribution is 7.14. The molecule has 1 fully saturated rings. The van der Waals surface area contributed by atoms with E-state index in [1.807, 2.05) is 35.7 Å². The molecular formula is C22H23N3O4S. The van der Waals surface area contributed by atoms with Crippen LogP contribution in [0.4, 0.5) is 5.13 Å². The van der Waals surface area contributed by atoms with Gasteiger partial charge in [-0.05, 0) is 42.8 Å². The smallest absolute Gasteiger partial charge is 0.231 e. The van der Waals surface area contributed by atoms with E-state index in [2.05, 4.69) is 17.2 Å². The molecule has 30 heavy (non-hydrogen) atoms. The van der Waals surface area contributed by atoms with E-state index in [4.69, 9.17) is 9.15 Å². The topological polar surface area (TPSA) is 84.7 Å². The number of benzene rings is 1. The first-order valence-corrected chi connectivity index (χ1v) is 10.8. The Morgan fingerprint density at radius 2 is 2.17 bits per heavy atom. The van der Waals surface area contributed by atoms with Crippen LogP contribution in [0, 0.1) is 5.92 Å². The molecule has 1 aliphatic heterocycles. The van der Waals surface area contributed by atoms with Gasteiger partial charge in [0.15, 0.2) is 5.13 Å². The number of nitrogens with zero attached hydrogens (tertiary/aromatic N) is 2. The van der Waals surface area contributed by atoms with E-state index >= 15 is 0 Å². The highest BCUT2D eigenvalue weighted by Crippen LogP contribution is 2.28. The number of anilines is 1. The van der Waals surface area contributed by atoms with Crippen LogP contribution in [-0.2, 0) is 16.1 Å². The van der Waals surface area contributed by atoms with E-state index in [0.29, 0.717) is 30.6 Å². The van der Waals surface area contributed by atoms with Gasteiger partial charge >= 0.3 is 0 Å². The monoisotopic (exact) mass is 425 g/mol. The second-order valence-corrected chi connectivity index (χ2v) is 8.01. The van der Waals surface area contributed by atoms with Crippen LogP contribution in [0.25, 0.3) is 11.3 Å². The van der Waals surface area contributed by atoms with Crippen molar-refractivity contribution in [1.29, 1.82) is 0 Å². The zero-order valence-electron chi connectivity index (χ0n) is 16.7. The molecule has 1 N–H and O–H groups in total. The predicted octanol–water partition coefficient (Wildman–Crippen LogP) is 4.18. The van der Waals surface area contributed by atoms with Gasteiger partial charge < -0.3 is 19.4 Å². The summed E-state index contributed by atoms with van der Waals surface area (Å²) >= 11 is 1.37. The predicted molar refractivity (Wildman–Crippen MR) is 114 cm³/mol. The Kier molecular flexibility index (Phi) is 6.13. The maximum absolute atomic E-state index is 12.6. The lowest BCUT2D eigenvalue weighted by molar-refractivity contribution is -0.128. The van der Waals surface area contributed by atoms with Crippen LogP contribution in [-0.4, -0.2) is 34.8 Å². The maximum atomic E-state index is 12.6. The molecule has 0 radical (unpaired) electrons. The molecule has 0 spiro atoms. The second kappa shape index (κ2) is 9.13. The Morgan fingerprint density at radius 3 is 2.90 bits per heavy atom. The van der Waals surface area contributed by atoms with Crippen LogP contribution in [0.5, 0.6) is 5.75 Å². The fourth-order valence-corrected chi connectivity index (χ4v) is 4.03. The van der Waals surface area contributed by atoms with Gasteiger partial charge in [-0.15, -0.1) is 11.3 Å². The van der Waals surface area contributed by atoms with E-state index in [-0.39, 0.29) is 18.2 Å². The molecule has 7 nitrogen and oxygen atoms in total. The van der Waals surface area contributed by atoms with E-state index in [1.165, 1.54) is 11.3 Å². The normalized spacial score (nSPS) is 16.1. The van der Waals surface area contributed by atoms with Gasteiger partial charge in [0, 0.05) is 23.9 Å². The zero-order valence-corrected chi connectivity index (χ0v) is 17.5. The van der Waals surface area contributed by atoms with E-state index in [0.717, 1.165) is 23.4 Å². The number of likely N-dealkylation sites (tertiary alicyclic amines) is 1. The molecule has 1 atom stereocenters. The molecule has 2 amide bonds. The van der Waals surface area contributed by atoms with Crippen molar-refractivity contribution in [1.82, 2.24) is 9.88 Å². The third-order valence-corrected chi connectivity index (χ3v) is 5.63. The van der Waals surface area contributed by atoms with Crippen molar-refractivity contribution in [3.05, 3.63) is 53.8 Å². The minimum Gasteiger partial charge on any atom is -0.494 e. The number of nitrogens with one attached hydrogen (secondary N) is 1. The van der Waals surface area contributed by atoms with Gasteiger partial charge in [-0.25, -0.2) is 4.98 Å². The molecule has 1 aliphatic rings. The van der Waals surface area contributed by atoms with Gasteiger partial charge in [-0.3, -0.25) is 9.59 Å². The van der Waals surface area contributed by atoms with Crippen molar-refractivity contribution < 1.29 is 18.7 Å². The largest absolute Gasteiger partial charge is 0.494 e. The molecule has 0 aliphatic carbocycles. The molecule has 1 saturated heterocycles. The average molecular weight is 426 g/mol. The summed E-state index contributed by atoms with van der Waals surface area (Å²) in [5.74, 6) is 0.913. The summed E-state index contributed by atoms with van der Waals surface area (Å²) in [5.41, 5.74) is 1.75. The summed E-state index contributed by atoms with van der Waals surface area (Å²) < 4.78 is 10.9. The maximum Gasteiger partial charge on any atom is 0.231 e. The first-order chi connectivity index (χ1) is 14.6. The molecular weight excluding hydrogens is 402 g/mol. The number of carbonyl (C=O) groups is 2. The zero-order chi connectivity index (χ0) is 20.9. The quantitative estimate of drug-likeness (QED) is 0.585. The van der Waals surface area contributed by atoms with E-state index in [9.17, 15) is 9.59 Å². The fourth-order valence-electron chi connectivity index (χ4n) is 3.30. The number of rotatable bonds is 8. The van der Waals surface area contributed by atoms with Gasteiger partial charge in [-0.2, -0.15) is 0 Å². The van der Waals surface area contributed by atoms with Crippen LogP contribution < -0.4 is 10.1 Å². The minimum absolute atomic E-state index is 0.0447. The SMILES string of the molecule is CCCOc1ccc(-c2csc(NC(=O)C3CC(=O)N(Cc4ccco4)C3)n2)cc1. The molecule has 1 unspecified atom stereocenters. The number of ether oxygens (including phenoxy) is 1. The average Bonchev–Trinajstić information content (AvgIpc) is 3.50. The number of thiazole rings is 1. The van der Waals surface area contributed by atoms with Crippen molar-refractivity contribution >= 4 is 28.3 Å². The summed E-state index contributed by atoms with van der Waals surface area (Å²) in [6, 6.07) is 11.3. The first kappa shape index (κ1) is 20.2. The number of aromatic nitrogens is 1. The fraction of sp³-hybridized carbons (Fsp3) is 0.318. The Labute approximate surface area is 178 Å². The lowest BCUT2D eigenvalue weighted by atomic mass is 10.1. The van der Waals surface area contributed by atoms with E-state index in [1.54, 1.807) is 17.2 Å². The molecule has 3 heterocycles. The van der Waals surface area contributed by atoms with Crippen LogP contribution in [0.1, 0.15) is 25.5 Å². The third kappa shape index (κ3) is 4.71. The molecule has 0 saturated carbocycles. The van der Waals surface area contributed by atoms with Crippen LogP contribution in [0.15, 0.2) is 52.5 Å². The Bertz CT molecular complexity index is 998. The molecule has 2 aromatic heterocycles. The van der Waals surface area contributed by atoms with Crippen LogP contribution in [0.2, 0.25) is 0 Å². The third-order valence-electron chi connectivity index (χ3n) is 4.87. The van der Waals surface area contributed by atoms with Crippen LogP contribution in [0.3, 0.4) is 0 Å². The number of hydrogen-bond donors (Lipinski definition) is 1. The number of hydrogen-bond acceptors (Lipinski definition) is 6.